The van der Waals surface area contributed by atoms with E-state index in [2.05, 4.69) is 5.32 Å². The Hall–Kier alpha value is -1.59. The van der Waals surface area contributed by atoms with Gasteiger partial charge >= 0.3 is 5.97 Å². The van der Waals surface area contributed by atoms with Gasteiger partial charge in [-0.15, -0.1) is 0 Å². The molecule has 0 saturated heterocycles. The van der Waals surface area contributed by atoms with Crippen molar-refractivity contribution in [2.24, 2.45) is 5.41 Å². The lowest BCUT2D eigenvalue weighted by Gasteiger charge is -2.25. The number of methoxy groups -OCH3 is 1. The number of benzene rings is 1. The quantitative estimate of drug-likeness (QED) is 0.813. The number of ether oxygens (including phenoxy) is 1. The number of halogens is 1. The predicted octanol–water partition coefficient (Wildman–Crippen LogP) is 2.01. The van der Waals surface area contributed by atoms with Crippen molar-refractivity contribution >= 4 is 23.5 Å². The zero-order valence-corrected chi connectivity index (χ0v) is 13.8. The minimum Gasteiger partial charge on any atom is -0.469 e. The highest BCUT2D eigenvalue weighted by atomic mass is 35.5. The lowest BCUT2D eigenvalue weighted by Crippen LogP contribution is -2.41. The molecule has 2 rings (SSSR count). The Bertz CT molecular complexity index is 553. The van der Waals surface area contributed by atoms with E-state index >= 15 is 0 Å². The van der Waals surface area contributed by atoms with Crippen molar-refractivity contribution < 1.29 is 14.3 Å². The summed E-state index contributed by atoms with van der Waals surface area (Å²) in [5.41, 5.74) is 0.330. The van der Waals surface area contributed by atoms with Gasteiger partial charge in [-0.05, 0) is 44.6 Å². The number of esters is 1. The van der Waals surface area contributed by atoms with Crippen LogP contribution in [0.3, 0.4) is 0 Å². The van der Waals surface area contributed by atoms with Crippen LogP contribution in [0.4, 0.5) is 0 Å². The largest absolute Gasteiger partial charge is 0.469 e. The van der Waals surface area contributed by atoms with Crippen molar-refractivity contribution in [2.45, 2.75) is 18.9 Å². The van der Waals surface area contributed by atoms with Crippen molar-refractivity contribution in [3.63, 3.8) is 0 Å². The molecule has 0 aliphatic heterocycles. The molecular formula is C16H21ClN2O3. The molecular weight excluding hydrogens is 304 g/mol. The summed E-state index contributed by atoms with van der Waals surface area (Å²) in [6.45, 7) is 0.316. The first-order valence-electron chi connectivity index (χ1n) is 7.18. The summed E-state index contributed by atoms with van der Waals surface area (Å²) >= 11 is 5.89. The number of likely N-dealkylation sites (N-methyl/N-ethyl adjacent to an activating group) is 1. The second-order valence-corrected chi connectivity index (χ2v) is 6.34. The molecule has 1 atom stereocenters. The highest BCUT2D eigenvalue weighted by Gasteiger charge is 2.51. The van der Waals surface area contributed by atoms with Crippen molar-refractivity contribution in [1.82, 2.24) is 10.2 Å². The molecule has 1 unspecified atom stereocenters. The molecule has 0 aromatic heterocycles. The summed E-state index contributed by atoms with van der Waals surface area (Å²) < 4.78 is 4.80. The van der Waals surface area contributed by atoms with Gasteiger partial charge in [0.1, 0.15) is 6.04 Å². The molecule has 0 bridgehead atoms. The lowest BCUT2D eigenvalue weighted by molar-refractivity contribution is -0.147. The third-order valence-corrected chi connectivity index (χ3v) is 4.28. The number of hydrogen-bond acceptors (Lipinski definition) is 4. The van der Waals surface area contributed by atoms with Crippen LogP contribution in [-0.4, -0.2) is 44.5 Å². The zero-order valence-electron chi connectivity index (χ0n) is 13.1. The highest BCUT2D eigenvalue weighted by molar-refractivity contribution is 6.30. The normalized spacial score (nSPS) is 17.0. The molecule has 1 fully saturated rings. The number of nitrogens with zero attached hydrogens (tertiary/aromatic N) is 1. The maximum absolute atomic E-state index is 12.5. The van der Waals surface area contributed by atoms with Gasteiger partial charge in [0.15, 0.2) is 0 Å². The van der Waals surface area contributed by atoms with Crippen molar-refractivity contribution in [1.29, 1.82) is 0 Å². The van der Waals surface area contributed by atoms with Crippen LogP contribution in [0.25, 0.3) is 0 Å². The minimum atomic E-state index is -0.527. The SMILES string of the molecule is COC(=O)C1(CNC(=O)C(c2ccc(Cl)cc2)N(C)C)CC1. The molecule has 1 aromatic carbocycles. The molecule has 0 heterocycles. The monoisotopic (exact) mass is 324 g/mol. The number of carbonyl (C=O) groups excluding carboxylic acids is 2. The Labute approximate surface area is 135 Å². The van der Waals surface area contributed by atoms with Crippen LogP contribution in [0.1, 0.15) is 24.4 Å². The second kappa shape index (κ2) is 6.67. The second-order valence-electron chi connectivity index (χ2n) is 5.91. The summed E-state index contributed by atoms with van der Waals surface area (Å²) in [7, 11) is 5.05. The molecule has 0 radical (unpaired) electrons. The van der Waals surface area contributed by atoms with E-state index in [1.807, 2.05) is 31.1 Å². The van der Waals surface area contributed by atoms with Gasteiger partial charge in [0.05, 0.1) is 12.5 Å². The van der Waals surface area contributed by atoms with Gasteiger partial charge in [0, 0.05) is 11.6 Å². The number of amides is 1. The topological polar surface area (TPSA) is 58.6 Å². The number of nitrogens with one attached hydrogen (secondary N) is 1. The molecule has 1 N–H and O–H groups in total. The first kappa shape index (κ1) is 16.8. The van der Waals surface area contributed by atoms with E-state index in [1.165, 1.54) is 7.11 Å². The van der Waals surface area contributed by atoms with Gasteiger partial charge in [-0.3, -0.25) is 14.5 Å². The van der Waals surface area contributed by atoms with E-state index in [4.69, 9.17) is 16.3 Å². The Morgan fingerprint density at radius 2 is 1.91 bits per heavy atom. The minimum absolute atomic E-state index is 0.137. The molecule has 1 amide bonds. The van der Waals surface area contributed by atoms with Gasteiger partial charge in [0.2, 0.25) is 5.91 Å². The van der Waals surface area contributed by atoms with E-state index in [0.717, 1.165) is 18.4 Å². The Morgan fingerprint density at radius 3 is 2.36 bits per heavy atom. The van der Waals surface area contributed by atoms with Gasteiger partial charge in [-0.25, -0.2) is 0 Å². The van der Waals surface area contributed by atoms with Gasteiger partial charge in [-0.1, -0.05) is 23.7 Å². The van der Waals surface area contributed by atoms with Crippen molar-refractivity contribution in [2.75, 3.05) is 27.7 Å². The molecule has 22 heavy (non-hydrogen) atoms. The molecule has 1 saturated carbocycles. The predicted molar refractivity (Wildman–Crippen MR) is 84.6 cm³/mol. The van der Waals surface area contributed by atoms with Crippen LogP contribution in [-0.2, 0) is 14.3 Å². The first-order valence-corrected chi connectivity index (χ1v) is 7.55. The standard InChI is InChI=1S/C16H21ClN2O3/c1-19(2)13(11-4-6-12(17)7-5-11)14(20)18-10-16(8-9-16)15(21)22-3/h4-7,13H,8-10H2,1-3H3,(H,18,20). The summed E-state index contributed by atoms with van der Waals surface area (Å²) in [5.74, 6) is -0.386. The molecule has 6 heteroatoms. The molecule has 5 nitrogen and oxygen atoms in total. The zero-order chi connectivity index (χ0) is 16.3. The van der Waals surface area contributed by atoms with Crippen LogP contribution < -0.4 is 5.32 Å². The number of rotatable bonds is 6. The Balaban J connectivity index is 2.05. The van der Waals surface area contributed by atoms with Crippen LogP contribution >= 0.6 is 11.6 Å². The van der Waals surface area contributed by atoms with E-state index < -0.39 is 11.5 Å². The maximum atomic E-state index is 12.5. The van der Waals surface area contributed by atoms with Crippen LogP contribution in [0, 0.1) is 5.41 Å². The van der Waals surface area contributed by atoms with Gasteiger partial charge in [-0.2, -0.15) is 0 Å². The van der Waals surface area contributed by atoms with Crippen LogP contribution in [0.5, 0.6) is 0 Å². The third-order valence-electron chi connectivity index (χ3n) is 4.02. The molecule has 120 valence electrons. The summed E-state index contributed by atoms with van der Waals surface area (Å²) in [5, 5.41) is 3.51. The molecule has 1 aromatic rings. The molecule has 0 spiro atoms. The first-order chi connectivity index (χ1) is 10.4. The summed E-state index contributed by atoms with van der Waals surface area (Å²) in [6.07, 6.45) is 1.51. The molecule has 1 aliphatic rings. The summed E-state index contributed by atoms with van der Waals surface area (Å²) in [6, 6.07) is 6.76. The molecule has 1 aliphatic carbocycles. The fourth-order valence-corrected chi connectivity index (χ4v) is 2.63. The van der Waals surface area contributed by atoms with E-state index in [9.17, 15) is 9.59 Å². The average molecular weight is 325 g/mol. The lowest BCUT2D eigenvalue weighted by atomic mass is 10.0. The Kier molecular flexibility index (Phi) is 5.08. The fourth-order valence-electron chi connectivity index (χ4n) is 2.50. The van der Waals surface area contributed by atoms with Crippen LogP contribution in [0.15, 0.2) is 24.3 Å². The van der Waals surface area contributed by atoms with Gasteiger partial charge < -0.3 is 10.1 Å². The number of hydrogen-bond donors (Lipinski definition) is 1. The summed E-state index contributed by atoms with van der Waals surface area (Å²) in [4.78, 5) is 26.1. The number of carbonyl (C=O) groups is 2. The van der Waals surface area contributed by atoms with Crippen LogP contribution in [0.2, 0.25) is 5.02 Å². The Morgan fingerprint density at radius 1 is 1.32 bits per heavy atom. The van der Waals surface area contributed by atoms with E-state index in [1.54, 1.807) is 12.1 Å². The fraction of sp³-hybridized carbons (Fsp3) is 0.500. The van der Waals surface area contributed by atoms with Crippen molar-refractivity contribution in [3.8, 4) is 0 Å². The maximum Gasteiger partial charge on any atom is 0.313 e. The van der Waals surface area contributed by atoms with Gasteiger partial charge in [0.25, 0.3) is 0 Å². The third kappa shape index (κ3) is 3.59. The van der Waals surface area contributed by atoms with Crippen molar-refractivity contribution in [3.05, 3.63) is 34.9 Å². The highest BCUT2D eigenvalue weighted by Crippen LogP contribution is 2.46. The van der Waals surface area contributed by atoms with E-state index in [0.29, 0.717) is 11.6 Å². The average Bonchev–Trinajstić information content (AvgIpc) is 3.27. The van der Waals surface area contributed by atoms with E-state index in [-0.39, 0.29) is 11.9 Å². The smallest absolute Gasteiger partial charge is 0.313 e.